The molecule has 8 heteroatoms. The predicted molar refractivity (Wildman–Crippen MR) is 116 cm³/mol. The number of nitriles is 1. The van der Waals surface area contributed by atoms with E-state index in [-0.39, 0.29) is 17.9 Å². The number of carbonyl (C=O) groups excluding carboxylic acids is 2. The zero-order chi connectivity index (χ0) is 21.5. The van der Waals surface area contributed by atoms with Crippen LogP contribution in [0.5, 0.6) is 0 Å². The fourth-order valence-corrected chi connectivity index (χ4v) is 4.59. The summed E-state index contributed by atoms with van der Waals surface area (Å²) in [5.41, 5.74) is 2.36. The van der Waals surface area contributed by atoms with Crippen LogP contribution in [0.2, 0.25) is 0 Å². The molecule has 0 aromatic carbocycles. The summed E-state index contributed by atoms with van der Waals surface area (Å²) < 4.78 is 5.31. The lowest BCUT2D eigenvalue weighted by Crippen LogP contribution is -2.32. The van der Waals surface area contributed by atoms with Crippen LogP contribution in [0.1, 0.15) is 41.8 Å². The van der Waals surface area contributed by atoms with Gasteiger partial charge in [-0.15, -0.1) is 11.3 Å². The zero-order valence-electron chi connectivity index (χ0n) is 17.0. The van der Waals surface area contributed by atoms with Gasteiger partial charge in [-0.2, -0.15) is 5.26 Å². The first-order valence-corrected chi connectivity index (χ1v) is 10.6. The number of amides is 2. The number of nitrogens with zero attached hydrogens (tertiary/aromatic N) is 2. The third-order valence-electron chi connectivity index (χ3n) is 4.68. The molecule has 1 unspecified atom stereocenters. The minimum atomic E-state index is -0.409. The fraction of sp³-hybridized carbons (Fsp3) is 0.364. The summed E-state index contributed by atoms with van der Waals surface area (Å²) in [4.78, 5) is 29.1. The molecule has 3 rings (SSSR count). The number of pyridine rings is 1. The van der Waals surface area contributed by atoms with Gasteiger partial charge in [0.15, 0.2) is 0 Å². The molecule has 1 aliphatic rings. The molecule has 156 valence electrons. The standard InChI is InChI=1S/C22H24N4O3S/c1-14(2)25-22(28)29-13-16-5-7-17-18(11-23)21(30-19(17)10-16)26-20(27)8-6-15-4-3-9-24-12-15/h3-4,6,8-9,12,14,16H,5,7,10,13H2,1-2H3,(H,25,28)(H,26,27). The van der Waals surface area contributed by atoms with Crippen molar-refractivity contribution in [3.8, 4) is 6.07 Å². The highest BCUT2D eigenvalue weighted by atomic mass is 32.1. The van der Waals surface area contributed by atoms with Crippen molar-refractivity contribution in [3.05, 3.63) is 52.2 Å². The normalized spacial score (nSPS) is 15.5. The third kappa shape index (κ3) is 5.67. The minimum absolute atomic E-state index is 0.0318. The van der Waals surface area contributed by atoms with Gasteiger partial charge in [-0.05, 0) is 62.3 Å². The Kier molecular flexibility index (Phi) is 7.20. The van der Waals surface area contributed by atoms with Crippen LogP contribution in [0.4, 0.5) is 9.80 Å². The van der Waals surface area contributed by atoms with Crippen molar-refractivity contribution in [1.82, 2.24) is 10.3 Å². The van der Waals surface area contributed by atoms with Gasteiger partial charge in [-0.3, -0.25) is 9.78 Å². The molecule has 2 heterocycles. The summed E-state index contributed by atoms with van der Waals surface area (Å²) in [5, 5.41) is 15.7. The average molecular weight is 425 g/mol. The Morgan fingerprint density at radius 3 is 3.00 bits per heavy atom. The van der Waals surface area contributed by atoms with Gasteiger partial charge in [0, 0.05) is 29.4 Å². The van der Waals surface area contributed by atoms with Crippen LogP contribution in [0.15, 0.2) is 30.6 Å². The first kappa shape index (κ1) is 21.5. The highest BCUT2D eigenvalue weighted by Gasteiger charge is 2.27. The molecule has 2 aromatic heterocycles. The van der Waals surface area contributed by atoms with E-state index >= 15 is 0 Å². The average Bonchev–Trinajstić information content (AvgIpc) is 3.07. The van der Waals surface area contributed by atoms with Crippen molar-refractivity contribution < 1.29 is 14.3 Å². The number of anilines is 1. The second-order valence-electron chi connectivity index (χ2n) is 7.43. The summed E-state index contributed by atoms with van der Waals surface area (Å²) in [6, 6.07) is 5.92. The Morgan fingerprint density at radius 1 is 1.47 bits per heavy atom. The van der Waals surface area contributed by atoms with Crippen LogP contribution < -0.4 is 10.6 Å². The van der Waals surface area contributed by atoms with E-state index in [4.69, 9.17) is 4.74 Å². The zero-order valence-corrected chi connectivity index (χ0v) is 17.8. The number of rotatable bonds is 6. The molecule has 0 fully saturated rings. The Morgan fingerprint density at radius 2 is 2.30 bits per heavy atom. The summed E-state index contributed by atoms with van der Waals surface area (Å²) in [6.07, 6.45) is 8.33. The molecule has 30 heavy (non-hydrogen) atoms. The van der Waals surface area contributed by atoms with Gasteiger partial charge in [0.25, 0.3) is 0 Å². The summed E-state index contributed by atoms with van der Waals surface area (Å²) >= 11 is 1.43. The van der Waals surface area contributed by atoms with E-state index in [1.807, 2.05) is 19.9 Å². The Bertz CT molecular complexity index is 976. The smallest absolute Gasteiger partial charge is 0.407 e. The summed E-state index contributed by atoms with van der Waals surface area (Å²) in [7, 11) is 0. The molecule has 2 N–H and O–H groups in total. The minimum Gasteiger partial charge on any atom is -0.449 e. The summed E-state index contributed by atoms with van der Waals surface area (Å²) in [6.45, 7) is 4.10. The van der Waals surface area contributed by atoms with Crippen LogP contribution in [0.3, 0.4) is 0 Å². The number of aromatic nitrogens is 1. The van der Waals surface area contributed by atoms with Gasteiger partial charge in [0.2, 0.25) is 5.91 Å². The first-order chi connectivity index (χ1) is 14.5. The molecule has 0 saturated heterocycles. The second-order valence-corrected chi connectivity index (χ2v) is 8.54. The van der Waals surface area contributed by atoms with Crippen molar-refractivity contribution in [3.63, 3.8) is 0 Å². The molecule has 2 amide bonds. The van der Waals surface area contributed by atoms with Crippen LogP contribution in [0.25, 0.3) is 6.08 Å². The topological polar surface area (TPSA) is 104 Å². The van der Waals surface area contributed by atoms with Crippen LogP contribution in [-0.2, 0) is 22.4 Å². The Hall–Kier alpha value is -3.18. The molecule has 7 nitrogen and oxygen atoms in total. The molecule has 1 atom stereocenters. The lowest BCUT2D eigenvalue weighted by Gasteiger charge is -2.22. The van der Waals surface area contributed by atoms with Gasteiger partial charge in [-0.1, -0.05) is 6.07 Å². The van der Waals surface area contributed by atoms with Crippen molar-refractivity contribution in [2.75, 3.05) is 11.9 Å². The van der Waals surface area contributed by atoms with E-state index in [9.17, 15) is 14.9 Å². The molecular formula is C22H24N4O3S. The number of carbonyl (C=O) groups is 2. The van der Waals surface area contributed by atoms with E-state index in [1.54, 1.807) is 24.5 Å². The van der Waals surface area contributed by atoms with E-state index in [2.05, 4.69) is 21.7 Å². The number of nitrogens with one attached hydrogen (secondary N) is 2. The molecule has 0 aliphatic heterocycles. The fourth-order valence-electron chi connectivity index (χ4n) is 3.27. The third-order valence-corrected chi connectivity index (χ3v) is 5.85. The maximum absolute atomic E-state index is 12.3. The van der Waals surface area contributed by atoms with E-state index in [0.29, 0.717) is 17.2 Å². The van der Waals surface area contributed by atoms with Crippen LogP contribution >= 0.6 is 11.3 Å². The number of alkyl carbamates (subject to hydrolysis) is 1. The van der Waals surface area contributed by atoms with Gasteiger partial charge in [0.1, 0.15) is 11.1 Å². The SMILES string of the molecule is CC(C)NC(=O)OCC1CCc2c(sc(NC(=O)C=Cc3cccnc3)c2C#N)C1. The maximum atomic E-state index is 12.3. The largest absolute Gasteiger partial charge is 0.449 e. The number of thiophene rings is 1. The maximum Gasteiger partial charge on any atom is 0.407 e. The molecule has 2 aromatic rings. The van der Waals surface area contributed by atoms with E-state index in [0.717, 1.165) is 35.3 Å². The van der Waals surface area contributed by atoms with Crippen molar-refractivity contribution in [1.29, 1.82) is 5.26 Å². The lowest BCUT2D eigenvalue weighted by molar-refractivity contribution is -0.111. The first-order valence-electron chi connectivity index (χ1n) is 9.83. The van der Waals surface area contributed by atoms with Gasteiger partial charge in [-0.25, -0.2) is 4.79 Å². The summed E-state index contributed by atoms with van der Waals surface area (Å²) in [5.74, 6) is -0.0891. The molecule has 0 radical (unpaired) electrons. The highest BCUT2D eigenvalue weighted by Crippen LogP contribution is 2.39. The second kappa shape index (κ2) is 10.0. The molecule has 0 saturated carbocycles. The molecule has 1 aliphatic carbocycles. The lowest BCUT2D eigenvalue weighted by atomic mass is 9.88. The van der Waals surface area contributed by atoms with Crippen molar-refractivity contribution in [2.45, 2.75) is 39.2 Å². The van der Waals surface area contributed by atoms with Gasteiger partial charge < -0.3 is 15.4 Å². The van der Waals surface area contributed by atoms with Crippen LogP contribution in [0, 0.1) is 17.2 Å². The number of hydrogen-bond acceptors (Lipinski definition) is 6. The monoisotopic (exact) mass is 424 g/mol. The molecular weight excluding hydrogens is 400 g/mol. The van der Waals surface area contributed by atoms with Crippen molar-refractivity contribution >= 4 is 34.4 Å². The quantitative estimate of drug-likeness (QED) is 0.684. The van der Waals surface area contributed by atoms with Gasteiger partial charge in [0.05, 0.1) is 12.2 Å². The highest BCUT2D eigenvalue weighted by molar-refractivity contribution is 7.16. The van der Waals surface area contributed by atoms with E-state index < -0.39 is 6.09 Å². The molecule has 0 bridgehead atoms. The Balaban J connectivity index is 1.63. The number of hydrogen-bond donors (Lipinski definition) is 2. The van der Waals surface area contributed by atoms with Crippen LogP contribution in [-0.4, -0.2) is 29.6 Å². The number of fused-ring (bicyclic) bond motifs is 1. The van der Waals surface area contributed by atoms with Gasteiger partial charge >= 0.3 is 6.09 Å². The molecule has 0 spiro atoms. The van der Waals surface area contributed by atoms with Crippen molar-refractivity contribution in [2.24, 2.45) is 5.92 Å². The predicted octanol–water partition coefficient (Wildman–Crippen LogP) is 3.91. The number of ether oxygens (including phenoxy) is 1. The Labute approximate surface area is 179 Å². The van der Waals surface area contributed by atoms with E-state index in [1.165, 1.54) is 17.4 Å².